The Labute approximate surface area is 116 Å². The van der Waals surface area contributed by atoms with E-state index in [1.54, 1.807) is 13.3 Å². The van der Waals surface area contributed by atoms with Crippen LogP contribution >= 0.6 is 0 Å². The molecule has 0 radical (unpaired) electrons. The van der Waals surface area contributed by atoms with Gasteiger partial charge in [-0.15, -0.1) is 0 Å². The van der Waals surface area contributed by atoms with E-state index in [0.717, 1.165) is 34.2 Å². The third-order valence-electron chi connectivity index (χ3n) is 3.48. The van der Waals surface area contributed by atoms with Crippen LogP contribution in [0.5, 0.6) is 5.75 Å². The number of hydrogen-bond donors (Lipinski definition) is 0. The average Bonchev–Trinajstić information content (AvgIpc) is 2.83. The van der Waals surface area contributed by atoms with Gasteiger partial charge in [-0.3, -0.25) is 9.78 Å². The lowest BCUT2D eigenvalue weighted by atomic mass is 10.1. The lowest BCUT2D eigenvalue weighted by Crippen LogP contribution is -1.96. The van der Waals surface area contributed by atoms with E-state index < -0.39 is 0 Å². The fourth-order valence-corrected chi connectivity index (χ4v) is 2.44. The van der Waals surface area contributed by atoms with Gasteiger partial charge in [-0.25, -0.2) is 0 Å². The summed E-state index contributed by atoms with van der Waals surface area (Å²) in [7, 11) is 3.63. The molecule has 4 nitrogen and oxygen atoms in total. The Balaban J connectivity index is 2.26. The number of carbonyl (C=O) groups excluding carboxylic acids is 1. The van der Waals surface area contributed by atoms with E-state index in [1.165, 1.54) is 0 Å². The Kier molecular flexibility index (Phi) is 2.99. The number of hydrogen-bond acceptors (Lipinski definition) is 3. The lowest BCUT2D eigenvalue weighted by molar-refractivity contribution is 0.111. The number of aromatic nitrogens is 2. The largest absolute Gasteiger partial charge is 0.497 e. The van der Waals surface area contributed by atoms with Crippen molar-refractivity contribution in [3.8, 4) is 17.0 Å². The zero-order valence-corrected chi connectivity index (χ0v) is 11.3. The molecule has 3 aromatic rings. The Bertz CT molecular complexity index is 790. The Morgan fingerprint density at radius 1 is 1.25 bits per heavy atom. The zero-order valence-electron chi connectivity index (χ0n) is 11.3. The van der Waals surface area contributed by atoms with Crippen LogP contribution in [0.15, 0.2) is 42.6 Å². The number of rotatable bonds is 3. The first-order chi connectivity index (χ1) is 9.74. The van der Waals surface area contributed by atoms with E-state index in [4.69, 9.17) is 4.74 Å². The molecule has 1 aromatic carbocycles. The van der Waals surface area contributed by atoms with Crippen molar-refractivity contribution in [1.29, 1.82) is 0 Å². The molecule has 0 saturated heterocycles. The third-order valence-corrected chi connectivity index (χ3v) is 3.48. The van der Waals surface area contributed by atoms with Crippen molar-refractivity contribution in [2.75, 3.05) is 7.11 Å². The van der Waals surface area contributed by atoms with Gasteiger partial charge in [0.15, 0.2) is 6.29 Å². The monoisotopic (exact) mass is 266 g/mol. The molecule has 0 bridgehead atoms. The summed E-state index contributed by atoms with van der Waals surface area (Å²) in [5.74, 6) is 0.816. The minimum absolute atomic E-state index is 0.449. The molecule has 0 aliphatic carbocycles. The topological polar surface area (TPSA) is 44.1 Å². The van der Waals surface area contributed by atoms with Crippen molar-refractivity contribution in [2.24, 2.45) is 7.05 Å². The summed E-state index contributed by atoms with van der Waals surface area (Å²) in [6.45, 7) is 0. The highest BCUT2D eigenvalue weighted by Crippen LogP contribution is 2.30. The molecule has 0 atom stereocenters. The summed E-state index contributed by atoms with van der Waals surface area (Å²) in [5, 5.41) is 1.07. The summed E-state index contributed by atoms with van der Waals surface area (Å²) in [5.41, 5.74) is 3.33. The fraction of sp³-hybridized carbons (Fsp3) is 0.125. The van der Waals surface area contributed by atoms with Crippen LogP contribution in [0.1, 0.15) is 10.5 Å². The van der Waals surface area contributed by atoms with Crippen LogP contribution in [0.2, 0.25) is 0 Å². The molecule has 4 heteroatoms. The Morgan fingerprint density at radius 2 is 2.10 bits per heavy atom. The molecule has 0 amide bonds. The SMILES string of the molecule is COc1ccc2c(c1)cc(-c1cccnc1C=O)n2C. The molecule has 3 rings (SSSR count). The van der Waals surface area contributed by atoms with E-state index in [-0.39, 0.29) is 0 Å². The van der Waals surface area contributed by atoms with Gasteiger partial charge in [0.05, 0.1) is 12.8 Å². The molecule has 0 saturated carbocycles. The number of ether oxygens (including phenoxy) is 1. The summed E-state index contributed by atoms with van der Waals surface area (Å²) < 4.78 is 7.30. The van der Waals surface area contributed by atoms with E-state index in [2.05, 4.69) is 9.55 Å². The number of aryl methyl sites for hydroxylation is 1. The van der Waals surface area contributed by atoms with Gasteiger partial charge in [-0.2, -0.15) is 0 Å². The molecule has 0 aliphatic rings. The van der Waals surface area contributed by atoms with Crippen LogP contribution in [-0.2, 0) is 7.05 Å². The highest BCUT2D eigenvalue weighted by molar-refractivity contribution is 5.92. The first kappa shape index (κ1) is 12.4. The maximum absolute atomic E-state index is 11.1. The van der Waals surface area contributed by atoms with Crippen LogP contribution in [0.4, 0.5) is 0 Å². The highest BCUT2D eigenvalue weighted by atomic mass is 16.5. The maximum Gasteiger partial charge on any atom is 0.169 e. The second-order valence-electron chi connectivity index (χ2n) is 4.57. The molecule has 2 aromatic heterocycles. The van der Waals surface area contributed by atoms with Crippen LogP contribution in [0, 0.1) is 0 Å². The van der Waals surface area contributed by atoms with Crippen molar-refractivity contribution >= 4 is 17.2 Å². The average molecular weight is 266 g/mol. The number of nitrogens with zero attached hydrogens (tertiary/aromatic N) is 2. The predicted molar refractivity (Wildman–Crippen MR) is 78.1 cm³/mol. The summed E-state index contributed by atoms with van der Waals surface area (Å²) in [6, 6.07) is 11.7. The standard InChI is InChI=1S/C16H14N2O2/c1-18-15-6-5-12(20-2)8-11(15)9-16(18)13-4-3-7-17-14(13)10-19/h3-10H,1-2H3. The van der Waals surface area contributed by atoms with Gasteiger partial charge in [0.2, 0.25) is 0 Å². The van der Waals surface area contributed by atoms with Crippen molar-refractivity contribution in [3.05, 3.63) is 48.3 Å². The fourth-order valence-electron chi connectivity index (χ4n) is 2.44. The second-order valence-corrected chi connectivity index (χ2v) is 4.57. The van der Waals surface area contributed by atoms with Crippen LogP contribution < -0.4 is 4.74 Å². The molecule has 20 heavy (non-hydrogen) atoms. The lowest BCUT2D eigenvalue weighted by Gasteiger charge is -2.06. The number of aldehydes is 1. The van der Waals surface area contributed by atoms with Gasteiger partial charge >= 0.3 is 0 Å². The molecule has 100 valence electrons. The normalized spacial score (nSPS) is 10.7. The van der Waals surface area contributed by atoms with Crippen molar-refractivity contribution in [3.63, 3.8) is 0 Å². The van der Waals surface area contributed by atoms with Crippen molar-refractivity contribution in [1.82, 2.24) is 9.55 Å². The number of methoxy groups -OCH3 is 1. The molecule has 0 unspecified atom stereocenters. The first-order valence-electron chi connectivity index (χ1n) is 6.28. The highest BCUT2D eigenvalue weighted by Gasteiger charge is 2.12. The second kappa shape index (κ2) is 4.81. The molecule has 0 spiro atoms. The quantitative estimate of drug-likeness (QED) is 0.684. The van der Waals surface area contributed by atoms with Crippen LogP contribution in [0.3, 0.4) is 0 Å². The molecule has 0 fully saturated rings. The molecular formula is C16H14N2O2. The van der Waals surface area contributed by atoms with E-state index in [0.29, 0.717) is 5.69 Å². The van der Waals surface area contributed by atoms with Crippen molar-refractivity contribution < 1.29 is 9.53 Å². The molecule has 0 aliphatic heterocycles. The van der Waals surface area contributed by atoms with Gasteiger partial charge in [-0.05, 0) is 36.4 Å². The molecular weight excluding hydrogens is 252 g/mol. The van der Waals surface area contributed by atoms with Gasteiger partial charge in [-0.1, -0.05) is 0 Å². The van der Waals surface area contributed by atoms with Crippen LogP contribution in [0.25, 0.3) is 22.2 Å². The number of carbonyl (C=O) groups is 1. The van der Waals surface area contributed by atoms with Gasteiger partial charge < -0.3 is 9.30 Å². The Morgan fingerprint density at radius 3 is 2.85 bits per heavy atom. The number of fused-ring (bicyclic) bond motifs is 1. The van der Waals surface area contributed by atoms with E-state index in [1.807, 2.05) is 43.4 Å². The maximum atomic E-state index is 11.1. The zero-order chi connectivity index (χ0) is 14.1. The van der Waals surface area contributed by atoms with E-state index in [9.17, 15) is 4.79 Å². The van der Waals surface area contributed by atoms with Crippen molar-refractivity contribution in [2.45, 2.75) is 0 Å². The van der Waals surface area contributed by atoms with Gasteiger partial charge in [0.1, 0.15) is 11.4 Å². The number of benzene rings is 1. The first-order valence-corrected chi connectivity index (χ1v) is 6.28. The van der Waals surface area contributed by atoms with Crippen LogP contribution in [-0.4, -0.2) is 22.9 Å². The number of pyridine rings is 1. The summed E-state index contributed by atoms with van der Waals surface area (Å²) in [6.07, 6.45) is 2.41. The van der Waals surface area contributed by atoms with E-state index >= 15 is 0 Å². The predicted octanol–water partition coefficient (Wildman–Crippen LogP) is 3.06. The summed E-state index contributed by atoms with van der Waals surface area (Å²) >= 11 is 0. The smallest absolute Gasteiger partial charge is 0.169 e. The third kappa shape index (κ3) is 1.86. The summed E-state index contributed by atoms with van der Waals surface area (Å²) in [4.78, 5) is 15.2. The van der Waals surface area contributed by atoms with Gasteiger partial charge in [0.25, 0.3) is 0 Å². The molecule has 2 heterocycles. The van der Waals surface area contributed by atoms with Gasteiger partial charge in [0, 0.05) is 29.7 Å². The Hall–Kier alpha value is -2.62. The minimum Gasteiger partial charge on any atom is -0.497 e. The molecule has 0 N–H and O–H groups in total. The minimum atomic E-state index is 0.449.